The maximum Gasteiger partial charge on any atom is 0.264 e. The molecule has 2 aliphatic rings. The predicted octanol–water partition coefficient (Wildman–Crippen LogP) is 2.32. The molecule has 0 saturated carbocycles. The first kappa shape index (κ1) is 14.0. The van der Waals surface area contributed by atoms with Crippen molar-refractivity contribution in [3.8, 4) is 0 Å². The number of hydrogen-bond donors (Lipinski definition) is 0. The van der Waals surface area contributed by atoms with Crippen molar-refractivity contribution < 1.29 is 9.53 Å². The Kier molecular flexibility index (Phi) is 3.72. The fourth-order valence-electron chi connectivity index (χ4n) is 3.31. The van der Waals surface area contributed by atoms with Gasteiger partial charge >= 0.3 is 0 Å². The Hall–Kier alpha value is -1.66. The van der Waals surface area contributed by atoms with Crippen LogP contribution in [0.1, 0.15) is 33.0 Å². The van der Waals surface area contributed by atoms with Crippen molar-refractivity contribution in [3.05, 3.63) is 39.8 Å². The average Bonchev–Trinajstić information content (AvgIpc) is 3.27. The smallest absolute Gasteiger partial charge is 0.264 e. The molecule has 2 aliphatic heterocycles. The van der Waals surface area contributed by atoms with E-state index in [0.29, 0.717) is 6.61 Å². The van der Waals surface area contributed by atoms with Crippen LogP contribution in [0, 0.1) is 0 Å². The second-order valence-corrected chi connectivity index (χ2v) is 7.02. The highest BCUT2D eigenvalue weighted by Crippen LogP contribution is 2.30. The van der Waals surface area contributed by atoms with Crippen molar-refractivity contribution in [2.24, 2.45) is 0 Å². The molecule has 0 aliphatic carbocycles. The van der Waals surface area contributed by atoms with Gasteiger partial charge in [0.15, 0.2) is 0 Å². The van der Waals surface area contributed by atoms with E-state index in [2.05, 4.69) is 5.10 Å². The zero-order valence-corrected chi connectivity index (χ0v) is 13.2. The number of thiophene rings is 1. The molecular weight excluding hydrogens is 298 g/mol. The first-order chi connectivity index (χ1) is 10.8. The molecule has 1 amide bonds. The second kappa shape index (κ2) is 5.85. The molecule has 1 fully saturated rings. The number of ether oxygens (including phenoxy) is 1. The summed E-state index contributed by atoms with van der Waals surface area (Å²) in [7, 11) is 0. The Labute approximate surface area is 133 Å². The normalized spacial score (nSPS) is 21.1. The summed E-state index contributed by atoms with van der Waals surface area (Å²) in [5, 5.41) is 4.26. The van der Waals surface area contributed by atoms with E-state index < -0.39 is 0 Å². The highest BCUT2D eigenvalue weighted by Gasteiger charge is 2.31. The minimum Gasteiger partial charge on any atom is -0.376 e. The fourth-order valence-corrected chi connectivity index (χ4v) is 4.42. The lowest BCUT2D eigenvalue weighted by Gasteiger charge is -2.24. The average molecular weight is 317 g/mol. The first-order valence-electron chi connectivity index (χ1n) is 7.79. The minimum atomic E-state index is 0.175. The molecule has 4 rings (SSSR count). The van der Waals surface area contributed by atoms with Gasteiger partial charge in [0.05, 0.1) is 30.7 Å². The van der Waals surface area contributed by atoms with Crippen LogP contribution in [0.25, 0.3) is 0 Å². The van der Waals surface area contributed by atoms with Crippen molar-refractivity contribution in [1.82, 2.24) is 14.7 Å². The third-order valence-corrected chi connectivity index (χ3v) is 5.66. The molecule has 0 unspecified atom stereocenters. The number of fused-ring (bicyclic) bond motifs is 1. The van der Waals surface area contributed by atoms with Crippen molar-refractivity contribution in [1.29, 1.82) is 0 Å². The van der Waals surface area contributed by atoms with Crippen LogP contribution in [0.5, 0.6) is 0 Å². The zero-order chi connectivity index (χ0) is 14.9. The summed E-state index contributed by atoms with van der Waals surface area (Å²) in [6, 6.07) is 4.21. The number of carbonyl (C=O) groups excluding carboxylic acids is 1. The molecule has 0 radical (unpaired) electrons. The van der Waals surface area contributed by atoms with E-state index in [1.165, 1.54) is 10.4 Å². The number of nitrogens with zero attached hydrogens (tertiary/aromatic N) is 3. The molecular formula is C16H19N3O2S. The lowest BCUT2D eigenvalue weighted by molar-refractivity contribution is 0.0726. The van der Waals surface area contributed by atoms with Gasteiger partial charge in [-0.1, -0.05) is 0 Å². The van der Waals surface area contributed by atoms with Crippen LogP contribution in [-0.4, -0.2) is 39.8 Å². The van der Waals surface area contributed by atoms with Gasteiger partial charge in [-0.05, 0) is 30.5 Å². The predicted molar refractivity (Wildman–Crippen MR) is 84.0 cm³/mol. The van der Waals surface area contributed by atoms with E-state index in [1.807, 2.05) is 27.9 Å². The molecule has 0 spiro atoms. The summed E-state index contributed by atoms with van der Waals surface area (Å²) in [6.07, 6.45) is 6.81. The van der Waals surface area contributed by atoms with Gasteiger partial charge in [0.2, 0.25) is 0 Å². The highest BCUT2D eigenvalue weighted by atomic mass is 32.1. The summed E-state index contributed by atoms with van der Waals surface area (Å²) >= 11 is 1.65. The number of hydrogen-bond acceptors (Lipinski definition) is 4. The fraction of sp³-hybridized carbons (Fsp3) is 0.500. The Bertz CT molecular complexity index is 641. The molecule has 1 atom stereocenters. The van der Waals surface area contributed by atoms with Crippen LogP contribution in [0.15, 0.2) is 24.5 Å². The van der Waals surface area contributed by atoms with Gasteiger partial charge in [0.1, 0.15) is 0 Å². The van der Waals surface area contributed by atoms with Gasteiger partial charge in [-0.15, -0.1) is 11.3 Å². The number of aromatic nitrogens is 2. The zero-order valence-electron chi connectivity index (χ0n) is 12.4. The van der Waals surface area contributed by atoms with Crippen molar-refractivity contribution in [2.75, 3.05) is 13.2 Å². The lowest BCUT2D eigenvalue weighted by atomic mass is 10.2. The monoisotopic (exact) mass is 317 g/mol. The number of carbonyl (C=O) groups is 1. The maximum atomic E-state index is 12.9. The van der Waals surface area contributed by atoms with Crippen LogP contribution < -0.4 is 0 Å². The SMILES string of the molecule is O=C(c1cc2c(s1)CCOC2)N1CCC[C@@H]1Cn1cccn1. The lowest BCUT2D eigenvalue weighted by Crippen LogP contribution is -2.37. The van der Waals surface area contributed by atoms with Gasteiger partial charge in [0, 0.05) is 30.2 Å². The van der Waals surface area contributed by atoms with E-state index in [4.69, 9.17) is 4.74 Å². The standard InChI is InChI=1S/C16H19N3O2S/c20-16(15-9-12-11-21-8-4-14(12)22-15)19-7-1-3-13(19)10-18-6-2-5-17-18/h2,5-6,9,13H,1,3-4,7-8,10-11H2/t13-/m1/s1. The molecule has 4 heterocycles. The van der Waals surface area contributed by atoms with Gasteiger partial charge in [-0.25, -0.2) is 0 Å². The van der Waals surface area contributed by atoms with Crippen molar-refractivity contribution in [2.45, 2.75) is 38.5 Å². The Morgan fingerprint density at radius 2 is 2.45 bits per heavy atom. The number of likely N-dealkylation sites (tertiary alicyclic amines) is 1. The van der Waals surface area contributed by atoms with Gasteiger partial charge < -0.3 is 9.64 Å². The summed E-state index contributed by atoms with van der Waals surface area (Å²) in [5.41, 5.74) is 1.20. The first-order valence-corrected chi connectivity index (χ1v) is 8.60. The Balaban J connectivity index is 1.52. The van der Waals surface area contributed by atoms with Crippen molar-refractivity contribution in [3.63, 3.8) is 0 Å². The van der Waals surface area contributed by atoms with Crippen molar-refractivity contribution >= 4 is 17.2 Å². The molecule has 5 nitrogen and oxygen atoms in total. The van der Waals surface area contributed by atoms with E-state index in [9.17, 15) is 4.79 Å². The molecule has 6 heteroatoms. The summed E-state index contributed by atoms with van der Waals surface area (Å²) in [5.74, 6) is 0.175. The largest absolute Gasteiger partial charge is 0.376 e. The van der Waals surface area contributed by atoms with Crippen LogP contribution in [0.2, 0.25) is 0 Å². The summed E-state index contributed by atoms with van der Waals surface area (Å²) < 4.78 is 7.40. The van der Waals surface area contributed by atoms with E-state index >= 15 is 0 Å². The van der Waals surface area contributed by atoms with Crippen LogP contribution in [0.4, 0.5) is 0 Å². The van der Waals surface area contributed by atoms with E-state index in [1.54, 1.807) is 17.5 Å². The number of rotatable bonds is 3. The molecule has 116 valence electrons. The second-order valence-electron chi connectivity index (χ2n) is 5.88. The third-order valence-electron chi connectivity index (χ3n) is 4.43. The molecule has 0 N–H and O–H groups in total. The highest BCUT2D eigenvalue weighted by molar-refractivity contribution is 7.14. The third kappa shape index (κ3) is 2.57. The topological polar surface area (TPSA) is 47.4 Å². The molecule has 2 aromatic heterocycles. The maximum absolute atomic E-state index is 12.9. The molecule has 1 saturated heterocycles. The van der Waals surface area contributed by atoms with E-state index in [-0.39, 0.29) is 11.9 Å². The molecule has 2 aromatic rings. The number of amides is 1. The van der Waals surface area contributed by atoms with E-state index in [0.717, 1.165) is 43.8 Å². The van der Waals surface area contributed by atoms with Gasteiger partial charge in [-0.3, -0.25) is 9.48 Å². The van der Waals surface area contributed by atoms with Crippen LogP contribution in [0.3, 0.4) is 0 Å². The van der Waals surface area contributed by atoms with Gasteiger partial charge in [-0.2, -0.15) is 5.10 Å². The Morgan fingerprint density at radius 3 is 3.27 bits per heavy atom. The van der Waals surface area contributed by atoms with Crippen LogP contribution >= 0.6 is 11.3 Å². The van der Waals surface area contributed by atoms with Crippen LogP contribution in [-0.2, 0) is 24.3 Å². The molecule has 22 heavy (non-hydrogen) atoms. The Morgan fingerprint density at radius 1 is 1.50 bits per heavy atom. The van der Waals surface area contributed by atoms with Gasteiger partial charge in [0.25, 0.3) is 5.91 Å². The summed E-state index contributed by atoms with van der Waals surface area (Å²) in [6.45, 7) is 3.05. The molecule has 0 aromatic carbocycles. The summed E-state index contributed by atoms with van der Waals surface area (Å²) in [4.78, 5) is 17.1. The molecule has 0 bridgehead atoms. The quantitative estimate of drug-likeness (QED) is 0.873. The minimum absolute atomic E-state index is 0.175.